The molecular formula is C16H12N2S2. The van der Waals surface area contributed by atoms with Crippen LogP contribution in [0.25, 0.3) is 16.3 Å². The standard InChI is InChI=1S/C16H12N2S2/c1-3-7-14-12(5-1)17-11(10-19-14)9-16-18-13-6-2-4-8-15(13)20-16/h1-9,17H,10H2/b11-9-. The van der Waals surface area contributed by atoms with E-state index in [1.807, 2.05) is 17.8 Å². The number of para-hydroxylation sites is 2. The topological polar surface area (TPSA) is 24.9 Å². The zero-order chi connectivity index (χ0) is 13.4. The van der Waals surface area contributed by atoms with E-state index in [0.29, 0.717) is 0 Å². The first-order valence-electron chi connectivity index (χ1n) is 6.43. The molecule has 3 aromatic rings. The van der Waals surface area contributed by atoms with Gasteiger partial charge < -0.3 is 5.32 Å². The number of hydrogen-bond acceptors (Lipinski definition) is 4. The Morgan fingerprint density at radius 3 is 2.85 bits per heavy atom. The van der Waals surface area contributed by atoms with Crippen LogP contribution in [0.1, 0.15) is 5.01 Å². The van der Waals surface area contributed by atoms with E-state index in [0.717, 1.165) is 16.3 Å². The van der Waals surface area contributed by atoms with E-state index >= 15 is 0 Å². The van der Waals surface area contributed by atoms with Gasteiger partial charge in [0.25, 0.3) is 0 Å². The number of aromatic nitrogens is 1. The number of nitrogens with one attached hydrogen (secondary N) is 1. The molecule has 1 aliphatic rings. The van der Waals surface area contributed by atoms with Crippen molar-refractivity contribution in [2.24, 2.45) is 0 Å². The number of nitrogens with zero attached hydrogens (tertiary/aromatic N) is 1. The molecule has 0 amide bonds. The quantitative estimate of drug-likeness (QED) is 0.694. The number of anilines is 1. The van der Waals surface area contributed by atoms with Crippen LogP contribution in [-0.4, -0.2) is 10.7 Å². The third kappa shape index (κ3) is 2.21. The molecule has 0 aliphatic carbocycles. The van der Waals surface area contributed by atoms with Gasteiger partial charge in [0.15, 0.2) is 0 Å². The van der Waals surface area contributed by atoms with Gasteiger partial charge in [-0.1, -0.05) is 24.3 Å². The molecule has 1 aromatic heterocycles. The molecule has 0 bridgehead atoms. The van der Waals surface area contributed by atoms with E-state index < -0.39 is 0 Å². The normalized spacial score (nSPS) is 16.1. The number of thioether (sulfide) groups is 1. The molecule has 2 nitrogen and oxygen atoms in total. The molecule has 4 rings (SSSR count). The molecule has 4 heteroatoms. The van der Waals surface area contributed by atoms with Crippen LogP contribution < -0.4 is 5.32 Å². The molecule has 1 N–H and O–H groups in total. The van der Waals surface area contributed by atoms with E-state index in [1.165, 1.54) is 21.0 Å². The summed E-state index contributed by atoms with van der Waals surface area (Å²) in [5, 5.41) is 4.56. The molecule has 0 unspecified atom stereocenters. The van der Waals surface area contributed by atoms with Crippen LogP contribution in [0.3, 0.4) is 0 Å². The Kier molecular flexibility index (Phi) is 2.98. The molecule has 98 valence electrons. The van der Waals surface area contributed by atoms with Gasteiger partial charge in [-0.15, -0.1) is 23.1 Å². The van der Waals surface area contributed by atoms with Crippen LogP contribution in [0.4, 0.5) is 5.69 Å². The lowest BCUT2D eigenvalue weighted by Gasteiger charge is -2.19. The van der Waals surface area contributed by atoms with Crippen LogP contribution >= 0.6 is 23.1 Å². The maximum absolute atomic E-state index is 4.66. The van der Waals surface area contributed by atoms with Crippen LogP contribution in [-0.2, 0) is 0 Å². The van der Waals surface area contributed by atoms with Crippen LogP contribution in [0.2, 0.25) is 0 Å². The minimum Gasteiger partial charge on any atom is -0.357 e. The predicted octanol–water partition coefficient (Wildman–Crippen LogP) is 4.86. The third-order valence-electron chi connectivity index (χ3n) is 3.17. The summed E-state index contributed by atoms with van der Waals surface area (Å²) in [5.41, 5.74) is 3.48. The van der Waals surface area contributed by atoms with Gasteiger partial charge in [0.05, 0.1) is 15.9 Å². The Bertz CT molecular complexity index is 772. The fourth-order valence-corrected chi connectivity index (χ4v) is 4.09. The predicted molar refractivity (Wildman–Crippen MR) is 88.4 cm³/mol. The maximum atomic E-state index is 4.66. The summed E-state index contributed by atoms with van der Waals surface area (Å²) < 4.78 is 1.24. The fraction of sp³-hybridized carbons (Fsp3) is 0.0625. The first-order chi connectivity index (χ1) is 9.88. The first kappa shape index (κ1) is 12.0. The van der Waals surface area contributed by atoms with Crippen LogP contribution in [0.15, 0.2) is 59.1 Å². The molecule has 1 aliphatic heterocycles. The summed E-state index contributed by atoms with van der Waals surface area (Å²) in [4.78, 5) is 5.97. The van der Waals surface area contributed by atoms with Gasteiger partial charge >= 0.3 is 0 Å². The number of fused-ring (bicyclic) bond motifs is 2. The highest BCUT2D eigenvalue weighted by molar-refractivity contribution is 7.99. The minimum atomic E-state index is 0.965. The summed E-state index contributed by atoms with van der Waals surface area (Å²) in [6.45, 7) is 0. The van der Waals surface area contributed by atoms with E-state index in [1.54, 1.807) is 11.3 Å². The van der Waals surface area contributed by atoms with Crippen molar-refractivity contribution in [2.45, 2.75) is 4.90 Å². The van der Waals surface area contributed by atoms with Gasteiger partial charge in [0.1, 0.15) is 5.01 Å². The summed E-state index contributed by atoms with van der Waals surface area (Å²) >= 11 is 3.60. The van der Waals surface area contributed by atoms with Crippen molar-refractivity contribution in [1.82, 2.24) is 4.98 Å². The van der Waals surface area contributed by atoms with Crippen LogP contribution in [0.5, 0.6) is 0 Å². The number of rotatable bonds is 1. The molecule has 2 aromatic carbocycles. The second-order valence-corrected chi connectivity index (χ2v) is 6.68. The summed E-state index contributed by atoms with van der Waals surface area (Å²) in [6, 6.07) is 16.7. The van der Waals surface area contributed by atoms with E-state index in [2.05, 4.69) is 58.8 Å². The Labute approximate surface area is 125 Å². The van der Waals surface area contributed by atoms with E-state index in [-0.39, 0.29) is 0 Å². The Morgan fingerprint density at radius 1 is 1.05 bits per heavy atom. The van der Waals surface area contributed by atoms with Crippen molar-refractivity contribution in [2.75, 3.05) is 11.1 Å². The molecule has 2 heterocycles. The lowest BCUT2D eigenvalue weighted by Crippen LogP contribution is -2.07. The molecule has 0 atom stereocenters. The van der Waals surface area contributed by atoms with Gasteiger partial charge in [0, 0.05) is 16.3 Å². The molecule has 0 spiro atoms. The minimum absolute atomic E-state index is 0.965. The average molecular weight is 296 g/mol. The Hall–Kier alpha value is -1.78. The Morgan fingerprint density at radius 2 is 1.90 bits per heavy atom. The lowest BCUT2D eigenvalue weighted by molar-refractivity contribution is 1.30. The second kappa shape index (κ2) is 4.96. The largest absolute Gasteiger partial charge is 0.357 e. The lowest BCUT2D eigenvalue weighted by atomic mass is 10.3. The van der Waals surface area contributed by atoms with Crippen molar-refractivity contribution in [1.29, 1.82) is 0 Å². The Balaban J connectivity index is 1.68. The van der Waals surface area contributed by atoms with Crippen molar-refractivity contribution in [3.05, 3.63) is 59.2 Å². The summed E-state index contributed by atoms with van der Waals surface area (Å²) in [7, 11) is 0. The monoisotopic (exact) mass is 296 g/mol. The molecule has 0 saturated carbocycles. The van der Waals surface area contributed by atoms with Crippen LogP contribution in [0, 0.1) is 0 Å². The zero-order valence-corrected chi connectivity index (χ0v) is 12.3. The highest BCUT2D eigenvalue weighted by Crippen LogP contribution is 2.35. The van der Waals surface area contributed by atoms with E-state index in [4.69, 9.17) is 0 Å². The number of benzene rings is 2. The van der Waals surface area contributed by atoms with Crippen molar-refractivity contribution in [3.63, 3.8) is 0 Å². The second-order valence-electron chi connectivity index (χ2n) is 4.60. The average Bonchev–Trinajstić information content (AvgIpc) is 2.89. The molecule has 0 saturated heterocycles. The van der Waals surface area contributed by atoms with Crippen molar-refractivity contribution < 1.29 is 0 Å². The maximum Gasteiger partial charge on any atom is 0.119 e. The highest BCUT2D eigenvalue weighted by Gasteiger charge is 2.12. The van der Waals surface area contributed by atoms with E-state index in [9.17, 15) is 0 Å². The molecule has 20 heavy (non-hydrogen) atoms. The summed E-state index contributed by atoms with van der Waals surface area (Å²) in [5.74, 6) is 0.965. The molecule has 0 radical (unpaired) electrons. The first-order valence-corrected chi connectivity index (χ1v) is 8.24. The fourth-order valence-electron chi connectivity index (χ4n) is 2.24. The van der Waals surface area contributed by atoms with Gasteiger partial charge in [-0.05, 0) is 30.3 Å². The van der Waals surface area contributed by atoms with Gasteiger partial charge in [-0.3, -0.25) is 0 Å². The summed E-state index contributed by atoms with van der Waals surface area (Å²) in [6.07, 6.45) is 2.16. The number of thiazole rings is 1. The van der Waals surface area contributed by atoms with Crippen molar-refractivity contribution in [3.8, 4) is 0 Å². The van der Waals surface area contributed by atoms with Crippen molar-refractivity contribution >= 4 is 45.1 Å². The zero-order valence-electron chi connectivity index (χ0n) is 10.7. The molecular weight excluding hydrogens is 284 g/mol. The smallest absolute Gasteiger partial charge is 0.119 e. The molecule has 0 fully saturated rings. The van der Waals surface area contributed by atoms with Gasteiger partial charge in [-0.25, -0.2) is 4.98 Å². The SMILES string of the molecule is C(=C1\CSc2ccccc2N1)/c1nc2ccccc2s1. The highest BCUT2D eigenvalue weighted by atomic mass is 32.2. The van der Waals surface area contributed by atoms with Gasteiger partial charge in [0.2, 0.25) is 0 Å². The van der Waals surface area contributed by atoms with Gasteiger partial charge in [-0.2, -0.15) is 0 Å². The number of hydrogen-bond donors (Lipinski definition) is 1. The third-order valence-corrected chi connectivity index (χ3v) is 5.28.